The minimum atomic E-state index is 0. The summed E-state index contributed by atoms with van der Waals surface area (Å²) in [6.45, 7) is 3.60. The molecule has 126 valence electrons. The van der Waals surface area contributed by atoms with Crippen LogP contribution in [0, 0.1) is 11.3 Å². The zero-order valence-electron chi connectivity index (χ0n) is 13.5. The minimum absolute atomic E-state index is 0. The Kier molecular flexibility index (Phi) is 8.44. The Hall–Kier alpha value is -0.580. The molecule has 22 heavy (non-hydrogen) atoms. The maximum atomic E-state index is 12.2. The molecule has 3 nitrogen and oxygen atoms in total. The van der Waals surface area contributed by atoms with E-state index in [4.69, 9.17) is 5.73 Å². The van der Waals surface area contributed by atoms with E-state index in [9.17, 15) is 4.79 Å². The van der Waals surface area contributed by atoms with E-state index in [2.05, 4.69) is 29.8 Å². The Morgan fingerprint density at radius 3 is 2.73 bits per heavy atom. The molecule has 1 fully saturated rings. The number of nitrogens with one attached hydrogen (secondary N) is 1. The average molecular weight is 345 g/mol. The van der Waals surface area contributed by atoms with Crippen molar-refractivity contribution < 1.29 is 4.79 Å². The summed E-state index contributed by atoms with van der Waals surface area (Å²) < 4.78 is 0. The van der Waals surface area contributed by atoms with Crippen molar-refractivity contribution in [3.8, 4) is 0 Å². The Morgan fingerprint density at radius 1 is 1.41 bits per heavy atom. The van der Waals surface area contributed by atoms with Crippen LogP contribution < -0.4 is 11.1 Å². The molecular weight excluding hydrogens is 316 g/mol. The van der Waals surface area contributed by atoms with Crippen molar-refractivity contribution in [1.29, 1.82) is 0 Å². The highest BCUT2D eigenvalue weighted by Crippen LogP contribution is 2.38. The highest BCUT2D eigenvalue weighted by atomic mass is 35.5. The minimum Gasteiger partial charge on any atom is -0.356 e. The van der Waals surface area contributed by atoms with Crippen molar-refractivity contribution in [2.45, 2.75) is 51.9 Å². The first-order valence-corrected chi connectivity index (χ1v) is 9.01. The molecule has 1 saturated carbocycles. The van der Waals surface area contributed by atoms with Crippen molar-refractivity contribution in [2.24, 2.45) is 17.1 Å². The van der Waals surface area contributed by atoms with Crippen LogP contribution >= 0.6 is 23.7 Å². The predicted molar refractivity (Wildman–Crippen MR) is 96.6 cm³/mol. The van der Waals surface area contributed by atoms with Crippen LogP contribution in [0.1, 0.15) is 50.3 Å². The molecule has 1 amide bonds. The third-order valence-corrected chi connectivity index (χ3v) is 5.56. The second kappa shape index (κ2) is 9.53. The molecule has 3 N–H and O–H groups in total. The van der Waals surface area contributed by atoms with Gasteiger partial charge in [0.05, 0.1) is 0 Å². The molecule has 1 aliphatic carbocycles. The van der Waals surface area contributed by atoms with Gasteiger partial charge in [0.25, 0.3) is 0 Å². The van der Waals surface area contributed by atoms with Gasteiger partial charge in [0.2, 0.25) is 5.91 Å². The Bertz CT molecular complexity index is 430. The first kappa shape index (κ1) is 19.5. The molecule has 1 atom stereocenters. The molecular formula is C17H29ClN2OS. The quantitative estimate of drug-likeness (QED) is 0.791. The van der Waals surface area contributed by atoms with E-state index >= 15 is 0 Å². The summed E-state index contributed by atoms with van der Waals surface area (Å²) in [4.78, 5) is 13.6. The van der Waals surface area contributed by atoms with Crippen molar-refractivity contribution in [3.05, 3.63) is 22.4 Å². The molecule has 1 unspecified atom stereocenters. The standard InChI is InChI=1S/C17H28N2OS.ClH/c1-14(10-15-6-5-9-21-15)12-19-16(20)11-17(13-18)7-3-2-4-8-17;/h5-6,9,14H,2-4,7-8,10-13,18H2,1H3,(H,19,20);1H. The summed E-state index contributed by atoms with van der Waals surface area (Å²) >= 11 is 1.79. The summed E-state index contributed by atoms with van der Waals surface area (Å²) in [5.74, 6) is 0.660. The molecule has 0 spiro atoms. The van der Waals surface area contributed by atoms with E-state index in [1.807, 2.05) is 0 Å². The molecule has 2 rings (SSSR count). The number of hydrogen-bond acceptors (Lipinski definition) is 3. The summed E-state index contributed by atoms with van der Waals surface area (Å²) in [6, 6.07) is 4.24. The lowest BCUT2D eigenvalue weighted by Gasteiger charge is -2.35. The van der Waals surface area contributed by atoms with Crippen LogP contribution in [0.5, 0.6) is 0 Å². The van der Waals surface area contributed by atoms with Gasteiger partial charge in [-0.05, 0) is 48.6 Å². The van der Waals surface area contributed by atoms with Gasteiger partial charge in [-0.2, -0.15) is 0 Å². The smallest absolute Gasteiger partial charge is 0.220 e. The highest BCUT2D eigenvalue weighted by molar-refractivity contribution is 7.09. The summed E-state index contributed by atoms with van der Waals surface area (Å²) in [6.07, 6.45) is 7.61. The van der Waals surface area contributed by atoms with Gasteiger partial charge in [-0.15, -0.1) is 23.7 Å². The predicted octanol–water partition coefficient (Wildman–Crippen LogP) is 3.76. The number of amides is 1. The third-order valence-electron chi connectivity index (χ3n) is 4.66. The molecule has 1 aromatic heterocycles. The van der Waals surface area contributed by atoms with E-state index in [0.717, 1.165) is 25.8 Å². The van der Waals surface area contributed by atoms with E-state index in [1.165, 1.54) is 24.1 Å². The summed E-state index contributed by atoms with van der Waals surface area (Å²) in [7, 11) is 0. The number of nitrogens with two attached hydrogens (primary N) is 1. The van der Waals surface area contributed by atoms with E-state index in [-0.39, 0.29) is 23.7 Å². The third kappa shape index (κ3) is 5.90. The van der Waals surface area contributed by atoms with E-state index in [0.29, 0.717) is 18.9 Å². The van der Waals surface area contributed by atoms with Gasteiger partial charge >= 0.3 is 0 Å². The van der Waals surface area contributed by atoms with Gasteiger partial charge in [-0.25, -0.2) is 0 Å². The lowest BCUT2D eigenvalue weighted by atomic mass is 9.71. The van der Waals surface area contributed by atoms with Crippen LogP contribution in [0.3, 0.4) is 0 Å². The fourth-order valence-corrected chi connectivity index (χ4v) is 4.16. The van der Waals surface area contributed by atoms with Crippen molar-refractivity contribution >= 4 is 29.7 Å². The van der Waals surface area contributed by atoms with Crippen LogP contribution in [0.15, 0.2) is 17.5 Å². The number of rotatable bonds is 7. The van der Waals surface area contributed by atoms with E-state index < -0.39 is 0 Å². The maximum Gasteiger partial charge on any atom is 0.220 e. The van der Waals surface area contributed by atoms with Crippen LogP contribution in [0.4, 0.5) is 0 Å². The van der Waals surface area contributed by atoms with Crippen molar-refractivity contribution in [3.63, 3.8) is 0 Å². The molecule has 0 radical (unpaired) electrons. The lowest BCUT2D eigenvalue weighted by molar-refractivity contribution is -0.124. The fourth-order valence-electron chi connectivity index (χ4n) is 3.29. The molecule has 0 saturated heterocycles. The van der Waals surface area contributed by atoms with Crippen LogP contribution in [-0.2, 0) is 11.2 Å². The monoisotopic (exact) mass is 344 g/mol. The van der Waals surface area contributed by atoms with Crippen LogP contribution in [0.2, 0.25) is 0 Å². The molecule has 1 heterocycles. The second-order valence-electron chi connectivity index (χ2n) is 6.63. The van der Waals surface area contributed by atoms with Gasteiger partial charge in [0, 0.05) is 17.8 Å². The summed E-state index contributed by atoms with van der Waals surface area (Å²) in [5.41, 5.74) is 6.02. The summed E-state index contributed by atoms with van der Waals surface area (Å²) in [5, 5.41) is 5.22. The molecule has 5 heteroatoms. The molecule has 1 aromatic rings. The van der Waals surface area contributed by atoms with Crippen molar-refractivity contribution in [2.75, 3.05) is 13.1 Å². The number of hydrogen-bond donors (Lipinski definition) is 2. The Morgan fingerprint density at radius 2 is 2.14 bits per heavy atom. The van der Waals surface area contributed by atoms with Gasteiger partial charge in [0.1, 0.15) is 0 Å². The van der Waals surface area contributed by atoms with Crippen LogP contribution in [0.25, 0.3) is 0 Å². The SMILES string of the molecule is CC(CNC(=O)CC1(CN)CCCCC1)Cc1cccs1.Cl. The normalized spacial score (nSPS) is 18.3. The van der Waals surface area contributed by atoms with Gasteiger partial charge in [-0.1, -0.05) is 32.3 Å². The average Bonchev–Trinajstić information content (AvgIpc) is 2.99. The number of halogens is 1. The molecule has 0 bridgehead atoms. The zero-order chi connectivity index (χ0) is 15.1. The number of carbonyl (C=O) groups is 1. The van der Waals surface area contributed by atoms with Gasteiger partial charge in [0.15, 0.2) is 0 Å². The maximum absolute atomic E-state index is 12.2. The largest absolute Gasteiger partial charge is 0.356 e. The molecule has 0 aliphatic heterocycles. The van der Waals surface area contributed by atoms with Crippen LogP contribution in [-0.4, -0.2) is 19.0 Å². The topological polar surface area (TPSA) is 55.1 Å². The Balaban J connectivity index is 0.00000242. The highest BCUT2D eigenvalue weighted by Gasteiger charge is 2.32. The van der Waals surface area contributed by atoms with Gasteiger partial charge in [-0.3, -0.25) is 4.79 Å². The Labute approximate surface area is 144 Å². The number of carbonyl (C=O) groups excluding carboxylic acids is 1. The first-order chi connectivity index (χ1) is 10.1. The van der Waals surface area contributed by atoms with E-state index in [1.54, 1.807) is 11.3 Å². The fraction of sp³-hybridized carbons (Fsp3) is 0.706. The first-order valence-electron chi connectivity index (χ1n) is 8.13. The lowest BCUT2D eigenvalue weighted by Crippen LogP contribution is -2.39. The van der Waals surface area contributed by atoms with Crippen molar-refractivity contribution in [1.82, 2.24) is 5.32 Å². The zero-order valence-corrected chi connectivity index (χ0v) is 15.1. The molecule has 0 aromatic carbocycles. The number of thiophene rings is 1. The van der Waals surface area contributed by atoms with Gasteiger partial charge < -0.3 is 11.1 Å². The molecule has 1 aliphatic rings. The second-order valence-corrected chi connectivity index (χ2v) is 7.67.